The quantitative estimate of drug-likeness (QED) is 0.732. The minimum absolute atomic E-state index is 0.261. The van der Waals surface area contributed by atoms with Crippen LogP contribution in [0, 0.1) is 6.92 Å². The number of nitrogen functional groups attached to an aromatic ring is 1. The van der Waals surface area contributed by atoms with Gasteiger partial charge in [0.1, 0.15) is 0 Å². The average molecular weight is 306 g/mol. The highest BCUT2D eigenvalue weighted by Crippen LogP contribution is 2.38. The standard InChI is InChI=1S/C15H16ClN3S/c1-8(2)19-13-10(16)5-4-6-11(13)18-15(19)14-12(17)9(3)7-20-14/h4-8H,17H2,1-3H3. The lowest BCUT2D eigenvalue weighted by atomic mass is 10.2. The zero-order valence-corrected chi connectivity index (χ0v) is 13.2. The number of benzene rings is 1. The molecule has 104 valence electrons. The molecular weight excluding hydrogens is 290 g/mol. The van der Waals surface area contributed by atoms with Crippen molar-refractivity contribution in [2.75, 3.05) is 5.73 Å². The van der Waals surface area contributed by atoms with Crippen molar-refractivity contribution in [2.24, 2.45) is 0 Å². The number of halogens is 1. The van der Waals surface area contributed by atoms with Crippen molar-refractivity contribution < 1.29 is 0 Å². The molecule has 0 unspecified atom stereocenters. The fourth-order valence-corrected chi connectivity index (χ4v) is 3.62. The molecule has 20 heavy (non-hydrogen) atoms. The van der Waals surface area contributed by atoms with Crippen LogP contribution in [0.4, 0.5) is 5.69 Å². The molecule has 2 aromatic heterocycles. The van der Waals surface area contributed by atoms with E-state index in [9.17, 15) is 0 Å². The number of aromatic nitrogens is 2. The smallest absolute Gasteiger partial charge is 0.153 e. The maximum atomic E-state index is 6.36. The number of nitrogens with zero attached hydrogens (tertiary/aromatic N) is 2. The second-order valence-electron chi connectivity index (χ2n) is 5.17. The molecule has 3 rings (SSSR count). The van der Waals surface area contributed by atoms with Gasteiger partial charge in [-0.15, -0.1) is 11.3 Å². The lowest BCUT2D eigenvalue weighted by Gasteiger charge is -2.13. The Morgan fingerprint density at radius 1 is 1.35 bits per heavy atom. The van der Waals surface area contributed by atoms with Crippen LogP contribution >= 0.6 is 22.9 Å². The highest BCUT2D eigenvalue weighted by atomic mass is 35.5. The molecule has 0 saturated carbocycles. The molecule has 0 aliphatic carbocycles. The van der Waals surface area contributed by atoms with Crippen molar-refractivity contribution in [1.82, 2.24) is 9.55 Å². The molecular formula is C15H16ClN3S. The van der Waals surface area contributed by atoms with Crippen LogP contribution in [0.1, 0.15) is 25.5 Å². The minimum Gasteiger partial charge on any atom is -0.397 e. The Balaban J connectivity index is 2.39. The van der Waals surface area contributed by atoms with Gasteiger partial charge in [0.25, 0.3) is 0 Å². The summed E-state index contributed by atoms with van der Waals surface area (Å²) in [5.74, 6) is 0.902. The van der Waals surface area contributed by atoms with Crippen molar-refractivity contribution in [1.29, 1.82) is 0 Å². The Morgan fingerprint density at radius 2 is 2.10 bits per heavy atom. The third-order valence-electron chi connectivity index (χ3n) is 3.40. The molecule has 0 aliphatic rings. The van der Waals surface area contributed by atoms with Crippen LogP contribution in [-0.4, -0.2) is 9.55 Å². The van der Waals surface area contributed by atoms with E-state index in [1.807, 2.05) is 25.1 Å². The van der Waals surface area contributed by atoms with Crippen LogP contribution in [0.5, 0.6) is 0 Å². The van der Waals surface area contributed by atoms with Crippen LogP contribution < -0.4 is 5.73 Å². The van der Waals surface area contributed by atoms with Gasteiger partial charge in [0.2, 0.25) is 0 Å². The lowest BCUT2D eigenvalue weighted by Crippen LogP contribution is -2.03. The summed E-state index contributed by atoms with van der Waals surface area (Å²) >= 11 is 7.99. The van der Waals surface area contributed by atoms with Crippen molar-refractivity contribution >= 4 is 39.7 Å². The number of para-hydroxylation sites is 1. The molecule has 1 aromatic carbocycles. The van der Waals surface area contributed by atoms with Gasteiger partial charge in [0.15, 0.2) is 5.82 Å². The summed E-state index contributed by atoms with van der Waals surface area (Å²) in [5, 5.41) is 2.79. The molecule has 3 aromatic rings. The summed E-state index contributed by atoms with van der Waals surface area (Å²) in [4.78, 5) is 5.77. The van der Waals surface area contributed by atoms with Crippen molar-refractivity contribution in [3.05, 3.63) is 34.2 Å². The Morgan fingerprint density at radius 3 is 2.70 bits per heavy atom. The van der Waals surface area contributed by atoms with Crippen LogP contribution in [-0.2, 0) is 0 Å². The lowest BCUT2D eigenvalue weighted by molar-refractivity contribution is 0.625. The number of anilines is 1. The number of fused-ring (bicyclic) bond motifs is 1. The van der Waals surface area contributed by atoms with Gasteiger partial charge in [-0.1, -0.05) is 17.7 Å². The summed E-state index contributed by atoms with van der Waals surface area (Å²) in [7, 11) is 0. The third kappa shape index (κ3) is 1.91. The number of hydrogen-bond acceptors (Lipinski definition) is 3. The number of rotatable bonds is 2. The largest absolute Gasteiger partial charge is 0.397 e. The molecule has 0 radical (unpaired) electrons. The summed E-state index contributed by atoms with van der Waals surface area (Å²) < 4.78 is 2.17. The Hall–Kier alpha value is -1.52. The van der Waals surface area contributed by atoms with Crippen LogP contribution in [0.3, 0.4) is 0 Å². The summed E-state index contributed by atoms with van der Waals surface area (Å²) in [6.45, 7) is 6.28. The van der Waals surface area contributed by atoms with Crippen LogP contribution in [0.25, 0.3) is 21.7 Å². The molecule has 0 saturated heterocycles. The van der Waals surface area contributed by atoms with Gasteiger partial charge in [0.05, 0.1) is 26.6 Å². The Labute approximate surface area is 127 Å². The monoisotopic (exact) mass is 305 g/mol. The predicted octanol–water partition coefficient (Wildman–Crippen LogP) is 4.89. The summed E-state index contributed by atoms with van der Waals surface area (Å²) in [5.41, 5.74) is 9.98. The first kappa shape index (κ1) is 13.5. The van der Waals surface area contributed by atoms with Gasteiger partial charge in [0, 0.05) is 6.04 Å². The van der Waals surface area contributed by atoms with Crippen molar-refractivity contribution in [2.45, 2.75) is 26.8 Å². The van der Waals surface area contributed by atoms with Gasteiger partial charge in [-0.25, -0.2) is 4.98 Å². The highest BCUT2D eigenvalue weighted by molar-refractivity contribution is 7.14. The minimum atomic E-state index is 0.261. The maximum Gasteiger partial charge on any atom is 0.153 e. The first-order valence-corrected chi connectivity index (χ1v) is 7.77. The Bertz CT molecular complexity index is 786. The molecule has 5 heteroatoms. The maximum absolute atomic E-state index is 6.36. The molecule has 3 nitrogen and oxygen atoms in total. The second kappa shape index (κ2) is 4.79. The zero-order chi connectivity index (χ0) is 14.4. The number of aryl methyl sites for hydroxylation is 1. The van der Waals surface area contributed by atoms with Crippen molar-refractivity contribution in [3.8, 4) is 10.7 Å². The summed E-state index contributed by atoms with van der Waals surface area (Å²) in [6.07, 6.45) is 0. The molecule has 0 atom stereocenters. The van der Waals surface area contributed by atoms with Crippen molar-refractivity contribution in [3.63, 3.8) is 0 Å². The van der Waals surface area contributed by atoms with Crippen LogP contribution in [0.15, 0.2) is 23.6 Å². The zero-order valence-electron chi connectivity index (χ0n) is 11.6. The Kier molecular flexibility index (Phi) is 3.22. The van der Waals surface area contributed by atoms with E-state index in [0.717, 1.165) is 38.0 Å². The molecule has 0 bridgehead atoms. The molecule has 0 amide bonds. The van der Waals surface area contributed by atoms with Gasteiger partial charge in [-0.3, -0.25) is 0 Å². The molecule has 0 fully saturated rings. The van der Waals surface area contributed by atoms with Gasteiger partial charge in [-0.2, -0.15) is 0 Å². The topological polar surface area (TPSA) is 43.8 Å². The molecule has 0 spiro atoms. The van der Waals surface area contributed by atoms with Crippen LogP contribution in [0.2, 0.25) is 5.02 Å². The van der Waals surface area contributed by atoms with E-state index >= 15 is 0 Å². The fourth-order valence-electron chi connectivity index (χ4n) is 2.40. The van der Waals surface area contributed by atoms with E-state index in [2.05, 4.69) is 23.8 Å². The molecule has 2 N–H and O–H groups in total. The fraction of sp³-hybridized carbons (Fsp3) is 0.267. The van der Waals surface area contributed by atoms with Gasteiger partial charge >= 0.3 is 0 Å². The highest BCUT2D eigenvalue weighted by Gasteiger charge is 2.20. The second-order valence-corrected chi connectivity index (χ2v) is 6.46. The van der Waals surface area contributed by atoms with E-state index < -0.39 is 0 Å². The molecule has 2 heterocycles. The average Bonchev–Trinajstić information content (AvgIpc) is 2.92. The number of nitrogens with two attached hydrogens (primary N) is 1. The van der Waals surface area contributed by atoms with Gasteiger partial charge < -0.3 is 10.3 Å². The van der Waals surface area contributed by atoms with E-state index in [1.165, 1.54) is 0 Å². The van der Waals surface area contributed by atoms with E-state index in [1.54, 1.807) is 11.3 Å². The van der Waals surface area contributed by atoms with Gasteiger partial charge in [-0.05, 0) is 43.8 Å². The first-order chi connectivity index (χ1) is 9.50. The first-order valence-electron chi connectivity index (χ1n) is 6.51. The summed E-state index contributed by atoms with van der Waals surface area (Å²) in [6, 6.07) is 6.07. The molecule has 0 aliphatic heterocycles. The van der Waals surface area contributed by atoms with E-state index in [0.29, 0.717) is 0 Å². The predicted molar refractivity (Wildman–Crippen MR) is 87.6 cm³/mol. The number of hydrogen-bond donors (Lipinski definition) is 1. The number of imidazole rings is 1. The SMILES string of the molecule is Cc1csc(-c2nc3cccc(Cl)c3n2C(C)C)c1N. The third-order valence-corrected chi connectivity index (χ3v) is 4.82. The number of thiophene rings is 1. The van der Waals surface area contributed by atoms with E-state index in [4.69, 9.17) is 22.3 Å². The van der Waals surface area contributed by atoms with E-state index in [-0.39, 0.29) is 6.04 Å². The normalized spacial score (nSPS) is 11.7.